The minimum absolute atomic E-state index is 0.0578. The SMILES string of the molecule is CCCCCCCCC(=O)c1ccc(Cl)o1. The van der Waals surface area contributed by atoms with Crippen LogP contribution >= 0.6 is 11.6 Å². The Morgan fingerprint density at radius 3 is 2.50 bits per heavy atom. The lowest BCUT2D eigenvalue weighted by Crippen LogP contribution is -1.96. The van der Waals surface area contributed by atoms with Crippen LogP contribution < -0.4 is 0 Å². The molecule has 0 unspecified atom stereocenters. The topological polar surface area (TPSA) is 30.2 Å². The van der Waals surface area contributed by atoms with Gasteiger partial charge in [0.25, 0.3) is 0 Å². The fourth-order valence-electron chi connectivity index (χ4n) is 1.65. The molecule has 2 nitrogen and oxygen atoms in total. The van der Waals surface area contributed by atoms with Crippen molar-refractivity contribution < 1.29 is 9.21 Å². The summed E-state index contributed by atoms with van der Waals surface area (Å²) in [7, 11) is 0. The summed E-state index contributed by atoms with van der Waals surface area (Å²) >= 11 is 5.60. The molecule has 0 saturated carbocycles. The monoisotopic (exact) mass is 242 g/mol. The van der Waals surface area contributed by atoms with Gasteiger partial charge in [0.05, 0.1) is 0 Å². The van der Waals surface area contributed by atoms with E-state index in [1.165, 1.54) is 25.7 Å². The van der Waals surface area contributed by atoms with E-state index in [0.29, 0.717) is 12.2 Å². The van der Waals surface area contributed by atoms with E-state index in [4.69, 9.17) is 16.0 Å². The zero-order valence-corrected chi connectivity index (χ0v) is 10.6. The van der Waals surface area contributed by atoms with E-state index >= 15 is 0 Å². The van der Waals surface area contributed by atoms with Gasteiger partial charge in [0.1, 0.15) is 0 Å². The van der Waals surface area contributed by atoms with Crippen LogP contribution in [-0.4, -0.2) is 5.78 Å². The number of ketones is 1. The van der Waals surface area contributed by atoms with Crippen LogP contribution in [0, 0.1) is 0 Å². The number of carbonyl (C=O) groups excluding carboxylic acids is 1. The van der Waals surface area contributed by atoms with E-state index in [-0.39, 0.29) is 11.0 Å². The first-order valence-corrected chi connectivity index (χ1v) is 6.40. The molecule has 0 fully saturated rings. The second-order valence-corrected chi connectivity index (χ2v) is 4.42. The van der Waals surface area contributed by atoms with E-state index < -0.39 is 0 Å². The highest BCUT2D eigenvalue weighted by atomic mass is 35.5. The van der Waals surface area contributed by atoms with Crippen LogP contribution in [0.15, 0.2) is 16.5 Å². The molecule has 0 spiro atoms. The predicted molar refractivity (Wildman–Crippen MR) is 66.0 cm³/mol. The average Bonchev–Trinajstić information content (AvgIpc) is 2.70. The van der Waals surface area contributed by atoms with E-state index in [2.05, 4.69) is 6.92 Å². The van der Waals surface area contributed by atoms with E-state index in [1.54, 1.807) is 12.1 Å². The van der Waals surface area contributed by atoms with Crippen LogP contribution in [0.5, 0.6) is 0 Å². The highest BCUT2D eigenvalue weighted by Crippen LogP contribution is 2.16. The van der Waals surface area contributed by atoms with Gasteiger partial charge in [-0.3, -0.25) is 4.79 Å². The lowest BCUT2D eigenvalue weighted by molar-refractivity contribution is 0.0952. The average molecular weight is 243 g/mol. The van der Waals surface area contributed by atoms with Crippen molar-refractivity contribution in [2.24, 2.45) is 0 Å². The highest BCUT2D eigenvalue weighted by molar-refractivity contribution is 6.29. The Labute approximate surface area is 102 Å². The van der Waals surface area contributed by atoms with Crippen LogP contribution in [0.3, 0.4) is 0 Å². The summed E-state index contributed by atoms with van der Waals surface area (Å²) in [5.41, 5.74) is 0. The van der Waals surface area contributed by atoms with E-state index in [9.17, 15) is 4.79 Å². The van der Waals surface area contributed by atoms with E-state index in [0.717, 1.165) is 12.8 Å². The fraction of sp³-hybridized carbons (Fsp3) is 0.615. The number of carbonyl (C=O) groups is 1. The molecule has 3 heteroatoms. The molecule has 0 bridgehead atoms. The molecular formula is C13H19ClO2. The number of hydrogen-bond donors (Lipinski definition) is 0. The van der Waals surface area contributed by atoms with Crippen molar-refractivity contribution in [1.29, 1.82) is 0 Å². The molecule has 16 heavy (non-hydrogen) atoms. The van der Waals surface area contributed by atoms with Gasteiger partial charge in [-0.15, -0.1) is 0 Å². The quantitative estimate of drug-likeness (QED) is 0.481. The Morgan fingerprint density at radius 2 is 1.88 bits per heavy atom. The van der Waals surface area contributed by atoms with Crippen LogP contribution in [0.2, 0.25) is 5.22 Å². The lowest BCUT2D eigenvalue weighted by atomic mass is 10.1. The summed E-state index contributed by atoms with van der Waals surface area (Å²) in [6, 6.07) is 3.25. The third kappa shape index (κ3) is 4.84. The Balaban J connectivity index is 2.11. The molecule has 0 atom stereocenters. The second kappa shape index (κ2) is 7.50. The number of hydrogen-bond acceptors (Lipinski definition) is 2. The van der Waals surface area contributed by atoms with Gasteiger partial charge in [-0.2, -0.15) is 0 Å². The number of furan rings is 1. The third-order valence-electron chi connectivity index (χ3n) is 2.61. The normalized spacial score (nSPS) is 10.6. The molecule has 0 N–H and O–H groups in total. The number of Topliss-reactive ketones (excluding diaryl/α,β-unsaturated/α-hetero) is 1. The highest BCUT2D eigenvalue weighted by Gasteiger charge is 2.09. The maximum Gasteiger partial charge on any atom is 0.198 e. The summed E-state index contributed by atoms with van der Waals surface area (Å²) in [5.74, 6) is 0.445. The van der Waals surface area contributed by atoms with Crippen molar-refractivity contribution in [3.63, 3.8) is 0 Å². The molecule has 1 heterocycles. The Hall–Kier alpha value is -0.760. The maximum absolute atomic E-state index is 11.6. The molecule has 1 aromatic heterocycles. The second-order valence-electron chi connectivity index (χ2n) is 4.04. The van der Waals surface area contributed by atoms with Gasteiger partial charge < -0.3 is 4.42 Å². The summed E-state index contributed by atoms with van der Waals surface area (Å²) in [6.45, 7) is 2.20. The van der Waals surface area contributed by atoms with Gasteiger partial charge in [0, 0.05) is 6.42 Å². The first-order chi connectivity index (χ1) is 7.74. The van der Waals surface area contributed by atoms with E-state index in [1.807, 2.05) is 0 Å². The van der Waals surface area contributed by atoms with Gasteiger partial charge in [-0.05, 0) is 30.2 Å². The first kappa shape index (κ1) is 13.3. The number of unbranched alkanes of at least 4 members (excludes halogenated alkanes) is 5. The molecule has 0 saturated heterocycles. The predicted octanol–water partition coefficient (Wildman–Crippen LogP) is 4.87. The molecule has 0 aromatic carbocycles. The van der Waals surface area contributed by atoms with Crippen LogP contribution in [0.4, 0.5) is 0 Å². The summed E-state index contributed by atoms with van der Waals surface area (Å²) < 4.78 is 5.06. The van der Waals surface area contributed by atoms with Crippen molar-refractivity contribution in [1.82, 2.24) is 0 Å². The molecule has 0 aliphatic rings. The molecule has 0 aliphatic heterocycles. The van der Waals surface area contributed by atoms with Crippen LogP contribution in [0.25, 0.3) is 0 Å². The zero-order chi connectivity index (χ0) is 11.8. The first-order valence-electron chi connectivity index (χ1n) is 6.02. The Bertz CT molecular complexity index is 317. The summed E-state index contributed by atoms with van der Waals surface area (Å²) in [6.07, 6.45) is 7.68. The minimum atomic E-state index is 0.0578. The van der Waals surface area contributed by atoms with Gasteiger partial charge in [0.2, 0.25) is 0 Å². The largest absolute Gasteiger partial charge is 0.442 e. The fourth-order valence-corrected chi connectivity index (χ4v) is 1.80. The Morgan fingerprint density at radius 1 is 1.19 bits per heavy atom. The smallest absolute Gasteiger partial charge is 0.198 e. The molecular weight excluding hydrogens is 224 g/mol. The number of halogens is 1. The van der Waals surface area contributed by atoms with Crippen LogP contribution in [-0.2, 0) is 0 Å². The van der Waals surface area contributed by atoms with Gasteiger partial charge in [0.15, 0.2) is 16.8 Å². The van der Waals surface area contributed by atoms with Crippen molar-refractivity contribution in [2.75, 3.05) is 0 Å². The van der Waals surface area contributed by atoms with Gasteiger partial charge in [-0.25, -0.2) is 0 Å². The van der Waals surface area contributed by atoms with Gasteiger partial charge >= 0.3 is 0 Å². The lowest BCUT2D eigenvalue weighted by Gasteiger charge is -1.99. The van der Waals surface area contributed by atoms with Gasteiger partial charge in [-0.1, -0.05) is 39.0 Å². The number of rotatable bonds is 8. The third-order valence-corrected chi connectivity index (χ3v) is 2.81. The van der Waals surface area contributed by atoms with Crippen molar-refractivity contribution in [3.8, 4) is 0 Å². The summed E-state index contributed by atoms with van der Waals surface area (Å²) in [4.78, 5) is 11.6. The molecule has 1 aromatic rings. The molecule has 1 rings (SSSR count). The minimum Gasteiger partial charge on any atom is -0.442 e. The summed E-state index contributed by atoms with van der Waals surface area (Å²) in [5, 5.41) is 0.284. The zero-order valence-electron chi connectivity index (χ0n) is 9.80. The Kier molecular flexibility index (Phi) is 6.24. The van der Waals surface area contributed by atoms with Crippen molar-refractivity contribution in [2.45, 2.75) is 51.9 Å². The maximum atomic E-state index is 11.6. The molecule has 0 amide bonds. The van der Waals surface area contributed by atoms with Crippen molar-refractivity contribution in [3.05, 3.63) is 23.1 Å². The van der Waals surface area contributed by atoms with Crippen LogP contribution in [0.1, 0.15) is 62.4 Å². The molecule has 90 valence electrons. The molecule has 0 radical (unpaired) electrons. The van der Waals surface area contributed by atoms with Crippen molar-refractivity contribution >= 4 is 17.4 Å². The standard InChI is InChI=1S/C13H19ClO2/c1-2-3-4-5-6-7-8-11(15)12-9-10-13(14)16-12/h9-10H,2-8H2,1H3. The molecule has 0 aliphatic carbocycles.